The van der Waals surface area contributed by atoms with E-state index in [1.165, 1.54) is 0 Å². The fourth-order valence-corrected chi connectivity index (χ4v) is 1.98. The molecule has 0 aliphatic rings. The van der Waals surface area contributed by atoms with Gasteiger partial charge in [-0.15, -0.1) is 0 Å². The molecular formula is C9H13ClN4S2. The maximum Gasteiger partial charge on any atom is 0.222 e. The zero-order valence-electron chi connectivity index (χ0n) is 8.86. The maximum absolute atomic E-state index is 5.68. The van der Waals surface area contributed by atoms with Gasteiger partial charge < -0.3 is 10.6 Å². The van der Waals surface area contributed by atoms with E-state index in [0.717, 1.165) is 23.7 Å². The van der Waals surface area contributed by atoms with Crippen LogP contribution in [0, 0.1) is 0 Å². The molecule has 16 heavy (non-hydrogen) atoms. The molecule has 0 unspecified atom stereocenters. The normalized spacial score (nSPS) is 9.88. The Bertz CT molecular complexity index is 348. The molecule has 0 radical (unpaired) electrons. The summed E-state index contributed by atoms with van der Waals surface area (Å²) in [4.78, 5) is 7.92. The van der Waals surface area contributed by atoms with Crippen molar-refractivity contribution in [1.82, 2.24) is 20.6 Å². The lowest BCUT2D eigenvalue weighted by Gasteiger charge is -2.06. The van der Waals surface area contributed by atoms with Crippen molar-refractivity contribution in [2.24, 2.45) is 0 Å². The van der Waals surface area contributed by atoms with E-state index in [-0.39, 0.29) is 0 Å². The number of nitrogens with zero attached hydrogens (tertiary/aromatic N) is 2. The van der Waals surface area contributed by atoms with Crippen molar-refractivity contribution in [1.29, 1.82) is 0 Å². The van der Waals surface area contributed by atoms with E-state index in [9.17, 15) is 0 Å². The van der Waals surface area contributed by atoms with E-state index in [2.05, 4.69) is 20.6 Å². The van der Waals surface area contributed by atoms with Gasteiger partial charge in [-0.25, -0.2) is 9.97 Å². The number of nitrogens with one attached hydrogen (secondary N) is 2. The summed E-state index contributed by atoms with van der Waals surface area (Å²) in [7, 11) is 1.80. The SMILES string of the molecule is CNC(=S)NCCSCc1ccnc(Cl)n1. The summed E-state index contributed by atoms with van der Waals surface area (Å²) in [6.07, 6.45) is 1.67. The third-order valence-electron chi connectivity index (χ3n) is 1.69. The van der Waals surface area contributed by atoms with Crippen molar-refractivity contribution < 1.29 is 0 Å². The van der Waals surface area contributed by atoms with Crippen molar-refractivity contribution in [3.63, 3.8) is 0 Å². The molecule has 1 aromatic heterocycles. The second kappa shape index (κ2) is 7.65. The molecular weight excluding hydrogens is 264 g/mol. The molecule has 1 rings (SSSR count). The second-order valence-corrected chi connectivity index (χ2v) is 4.73. The van der Waals surface area contributed by atoms with Gasteiger partial charge in [0.1, 0.15) is 0 Å². The first-order chi connectivity index (χ1) is 7.72. The van der Waals surface area contributed by atoms with Gasteiger partial charge in [0.2, 0.25) is 5.28 Å². The number of rotatable bonds is 5. The van der Waals surface area contributed by atoms with Crippen molar-refractivity contribution in [3.05, 3.63) is 23.2 Å². The molecule has 0 amide bonds. The lowest BCUT2D eigenvalue weighted by atomic mass is 10.5. The molecule has 88 valence electrons. The summed E-state index contributed by atoms with van der Waals surface area (Å²) >= 11 is 12.4. The van der Waals surface area contributed by atoms with Crippen LogP contribution in [0.2, 0.25) is 5.28 Å². The molecule has 2 N–H and O–H groups in total. The highest BCUT2D eigenvalue weighted by Crippen LogP contribution is 2.10. The quantitative estimate of drug-likeness (QED) is 0.482. The largest absolute Gasteiger partial charge is 0.366 e. The predicted octanol–water partition coefficient (Wildman–Crippen LogP) is 1.46. The van der Waals surface area contributed by atoms with Crippen LogP contribution in [0.15, 0.2) is 12.3 Å². The van der Waals surface area contributed by atoms with Crippen LogP contribution in [-0.2, 0) is 5.75 Å². The summed E-state index contributed by atoms with van der Waals surface area (Å²) in [5.74, 6) is 1.79. The zero-order chi connectivity index (χ0) is 11.8. The third kappa shape index (κ3) is 5.48. The molecule has 4 nitrogen and oxygen atoms in total. The highest BCUT2D eigenvalue weighted by molar-refractivity contribution is 7.98. The number of thioether (sulfide) groups is 1. The summed E-state index contributed by atoms with van der Waals surface area (Å²) in [6, 6.07) is 1.87. The smallest absolute Gasteiger partial charge is 0.222 e. The molecule has 0 bridgehead atoms. The monoisotopic (exact) mass is 276 g/mol. The van der Waals surface area contributed by atoms with Crippen LogP contribution >= 0.6 is 35.6 Å². The summed E-state index contributed by atoms with van der Waals surface area (Å²) < 4.78 is 0. The van der Waals surface area contributed by atoms with E-state index < -0.39 is 0 Å². The average Bonchev–Trinajstić information content (AvgIpc) is 2.28. The topological polar surface area (TPSA) is 49.8 Å². The zero-order valence-corrected chi connectivity index (χ0v) is 11.3. The first kappa shape index (κ1) is 13.5. The first-order valence-electron chi connectivity index (χ1n) is 4.73. The molecule has 1 heterocycles. The molecule has 0 saturated heterocycles. The maximum atomic E-state index is 5.68. The Labute approximate surface area is 110 Å². The van der Waals surface area contributed by atoms with Gasteiger partial charge in [-0.3, -0.25) is 0 Å². The minimum atomic E-state index is 0.299. The molecule has 1 aromatic rings. The van der Waals surface area contributed by atoms with E-state index in [1.54, 1.807) is 25.0 Å². The Morgan fingerprint density at radius 2 is 2.44 bits per heavy atom. The van der Waals surface area contributed by atoms with Crippen LogP contribution in [0.3, 0.4) is 0 Å². The Hall–Kier alpha value is -0.590. The minimum Gasteiger partial charge on any atom is -0.366 e. The molecule has 0 saturated carbocycles. The van der Waals surface area contributed by atoms with Crippen molar-refractivity contribution in [3.8, 4) is 0 Å². The summed E-state index contributed by atoms with van der Waals surface area (Å²) in [5, 5.41) is 6.90. The fraction of sp³-hybridized carbons (Fsp3) is 0.444. The van der Waals surface area contributed by atoms with Gasteiger partial charge in [0.15, 0.2) is 5.11 Å². The van der Waals surface area contributed by atoms with Crippen LogP contribution in [0.1, 0.15) is 5.69 Å². The highest BCUT2D eigenvalue weighted by atomic mass is 35.5. The van der Waals surface area contributed by atoms with Crippen LogP contribution in [0.4, 0.5) is 0 Å². The van der Waals surface area contributed by atoms with Crippen molar-refractivity contribution in [2.75, 3.05) is 19.3 Å². The lowest BCUT2D eigenvalue weighted by molar-refractivity contribution is 0.942. The lowest BCUT2D eigenvalue weighted by Crippen LogP contribution is -2.33. The van der Waals surface area contributed by atoms with Crippen LogP contribution < -0.4 is 10.6 Å². The molecule has 0 aromatic carbocycles. The Morgan fingerprint density at radius 3 is 3.12 bits per heavy atom. The number of thiocarbonyl (C=S) groups is 1. The molecule has 0 atom stereocenters. The standard InChI is InChI=1S/C9H13ClN4S2/c1-11-9(15)13-4-5-16-6-7-2-3-12-8(10)14-7/h2-3H,4-6H2,1H3,(H2,11,13,15). The van der Waals surface area contributed by atoms with Gasteiger partial charge in [-0.1, -0.05) is 0 Å². The first-order valence-corrected chi connectivity index (χ1v) is 6.67. The minimum absolute atomic E-state index is 0.299. The number of hydrogen-bond donors (Lipinski definition) is 2. The van der Waals surface area contributed by atoms with Crippen molar-refractivity contribution >= 4 is 40.7 Å². The van der Waals surface area contributed by atoms with E-state index in [0.29, 0.717) is 10.4 Å². The van der Waals surface area contributed by atoms with Gasteiger partial charge in [-0.2, -0.15) is 11.8 Å². The van der Waals surface area contributed by atoms with Crippen LogP contribution in [-0.4, -0.2) is 34.4 Å². The van der Waals surface area contributed by atoms with E-state index in [4.69, 9.17) is 23.8 Å². The molecule has 7 heteroatoms. The summed E-state index contributed by atoms with van der Waals surface area (Å²) in [6.45, 7) is 0.836. The second-order valence-electron chi connectivity index (χ2n) is 2.88. The molecule has 0 spiro atoms. The van der Waals surface area contributed by atoms with Gasteiger partial charge >= 0.3 is 0 Å². The highest BCUT2D eigenvalue weighted by Gasteiger charge is 1.97. The van der Waals surface area contributed by atoms with Gasteiger partial charge in [0.25, 0.3) is 0 Å². The number of hydrogen-bond acceptors (Lipinski definition) is 4. The van der Waals surface area contributed by atoms with Crippen LogP contribution in [0.25, 0.3) is 0 Å². The third-order valence-corrected chi connectivity index (χ3v) is 3.22. The van der Waals surface area contributed by atoms with Gasteiger partial charge in [0.05, 0.1) is 5.69 Å². The van der Waals surface area contributed by atoms with Gasteiger partial charge in [0, 0.05) is 31.3 Å². The number of aromatic nitrogens is 2. The predicted molar refractivity (Wildman–Crippen MR) is 72.9 cm³/mol. The fourth-order valence-electron chi connectivity index (χ4n) is 0.952. The Kier molecular flexibility index (Phi) is 6.44. The molecule has 0 aliphatic carbocycles. The van der Waals surface area contributed by atoms with E-state index >= 15 is 0 Å². The molecule has 0 fully saturated rings. The van der Waals surface area contributed by atoms with Crippen molar-refractivity contribution in [2.45, 2.75) is 5.75 Å². The van der Waals surface area contributed by atoms with Crippen LogP contribution in [0.5, 0.6) is 0 Å². The molecule has 0 aliphatic heterocycles. The van der Waals surface area contributed by atoms with Gasteiger partial charge in [-0.05, 0) is 29.9 Å². The Morgan fingerprint density at radius 1 is 1.62 bits per heavy atom. The Balaban J connectivity index is 2.14. The van der Waals surface area contributed by atoms with E-state index in [1.807, 2.05) is 6.07 Å². The average molecular weight is 277 g/mol. The summed E-state index contributed by atoms with van der Waals surface area (Å²) in [5.41, 5.74) is 0.946. The number of halogens is 1.